The van der Waals surface area contributed by atoms with Gasteiger partial charge in [-0.2, -0.15) is 0 Å². The first-order valence-electron chi connectivity index (χ1n) is 16.7. The average Bonchev–Trinajstić information content (AvgIpc) is 3.10. The second kappa shape index (κ2) is 18.1. The van der Waals surface area contributed by atoms with E-state index in [0.717, 1.165) is 19.3 Å². The standard InChI is InChI=1S/C37H49N5O7/c1-25-22-42(26(2)24-43)35(44)32-21-30(39-36(45)38-28-12-7-6-8-13-28)16-19-33(32)49-27(3)11-9-10-20-48-34(25)23-41(4)37(46)40-29-14-17-31(47-5)18-15-29/h6-8,12-19,21,25-27,34,43H,9-11,20,22-24H2,1-5H3,(H,40,46)(H2,38,39,45)/t25-,26-,27+,34-/m0/s1. The van der Waals surface area contributed by atoms with Crippen molar-refractivity contribution in [2.24, 2.45) is 5.92 Å². The van der Waals surface area contributed by atoms with Gasteiger partial charge in [0.2, 0.25) is 0 Å². The van der Waals surface area contributed by atoms with E-state index in [0.29, 0.717) is 35.2 Å². The van der Waals surface area contributed by atoms with E-state index in [1.54, 1.807) is 85.5 Å². The number of likely N-dealkylation sites (N-methyl/N-ethyl adjacent to an activating group) is 1. The molecule has 0 radical (unpaired) electrons. The van der Waals surface area contributed by atoms with Crippen molar-refractivity contribution in [2.75, 3.05) is 56.4 Å². The minimum atomic E-state index is -0.539. The molecule has 0 bridgehead atoms. The molecule has 0 saturated carbocycles. The smallest absolute Gasteiger partial charge is 0.323 e. The topological polar surface area (TPSA) is 142 Å². The van der Waals surface area contributed by atoms with Crippen LogP contribution in [0.1, 0.15) is 50.4 Å². The van der Waals surface area contributed by atoms with Crippen molar-refractivity contribution >= 4 is 35.0 Å². The van der Waals surface area contributed by atoms with Gasteiger partial charge >= 0.3 is 12.1 Å². The number of nitrogens with zero attached hydrogens (tertiary/aromatic N) is 2. The Morgan fingerprint density at radius 2 is 1.65 bits per heavy atom. The van der Waals surface area contributed by atoms with E-state index in [-0.39, 0.29) is 49.2 Å². The molecule has 4 N–H and O–H groups in total. The van der Waals surface area contributed by atoms with E-state index < -0.39 is 18.2 Å². The zero-order valence-electron chi connectivity index (χ0n) is 29.0. The molecule has 49 heavy (non-hydrogen) atoms. The molecule has 12 heteroatoms. The summed E-state index contributed by atoms with van der Waals surface area (Å²) >= 11 is 0. The lowest BCUT2D eigenvalue weighted by Gasteiger charge is -2.35. The monoisotopic (exact) mass is 675 g/mol. The molecule has 0 fully saturated rings. The number of urea groups is 2. The molecule has 264 valence electrons. The van der Waals surface area contributed by atoms with Crippen LogP contribution in [0, 0.1) is 5.92 Å². The summed E-state index contributed by atoms with van der Waals surface area (Å²) in [5.74, 6) is 0.505. The summed E-state index contributed by atoms with van der Waals surface area (Å²) in [6.07, 6.45) is 1.77. The summed E-state index contributed by atoms with van der Waals surface area (Å²) in [5, 5.41) is 18.7. The Morgan fingerprint density at radius 3 is 2.35 bits per heavy atom. The fraction of sp³-hybridized carbons (Fsp3) is 0.432. The number of nitrogens with one attached hydrogen (secondary N) is 3. The Labute approximate surface area is 288 Å². The van der Waals surface area contributed by atoms with E-state index in [4.69, 9.17) is 14.2 Å². The van der Waals surface area contributed by atoms with Crippen LogP contribution in [0.4, 0.5) is 26.7 Å². The predicted molar refractivity (Wildman–Crippen MR) is 191 cm³/mol. The Bertz CT molecular complexity index is 1520. The fourth-order valence-electron chi connectivity index (χ4n) is 5.52. The molecule has 0 unspecified atom stereocenters. The largest absolute Gasteiger partial charge is 0.497 e. The summed E-state index contributed by atoms with van der Waals surface area (Å²) in [5.41, 5.74) is 1.94. The van der Waals surface area contributed by atoms with Crippen LogP contribution in [0.5, 0.6) is 11.5 Å². The van der Waals surface area contributed by atoms with Crippen molar-refractivity contribution in [3.05, 3.63) is 78.4 Å². The maximum Gasteiger partial charge on any atom is 0.323 e. The number of ether oxygens (including phenoxy) is 3. The fourth-order valence-corrected chi connectivity index (χ4v) is 5.52. The zero-order chi connectivity index (χ0) is 35.3. The number of anilines is 3. The van der Waals surface area contributed by atoms with Gasteiger partial charge in [-0.1, -0.05) is 25.1 Å². The van der Waals surface area contributed by atoms with E-state index >= 15 is 0 Å². The summed E-state index contributed by atoms with van der Waals surface area (Å²) in [6.45, 7) is 6.43. The molecule has 1 aliphatic heterocycles. The minimum Gasteiger partial charge on any atom is -0.497 e. The number of hydrogen-bond acceptors (Lipinski definition) is 7. The van der Waals surface area contributed by atoms with E-state index in [9.17, 15) is 19.5 Å². The van der Waals surface area contributed by atoms with Crippen LogP contribution < -0.4 is 25.4 Å². The third-order valence-corrected chi connectivity index (χ3v) is 8.48. The highest BCUT2D eigenvalue weighted by atomic mass is 16.5. The van der Waals surface area contributed by atoms with Crippen molar-refractivity contribution < 1.29 is 33.7 Å². The Morgan fingerprint density at radius 1 is 0.980 bits per heavy atom. The van der Waals surface area contributed by atoms with Gasteiger partial charge in [0.25, 0.3) is 5.91 Å². The van der Waals surface area contributed by atoms with Gasteiger partial charge < -0.3 is 45.1 Å². The molecular formula is C37H49N5O7. The maximum atomic E-state index is 14.4. The van der Waals surface area contributed by atoms with E-state index in [1.807, 2.05) is 32.0 Å². The van der Waals surface area contributed by atoms with Gasteiger partial charge in [0.05, 0.1) is 37.5 Å². The lowest BCUT2D eigenvalue weighted by atomic mass is 10.0. The van der Waals surface area contributed by atoms with Crippen molar-refractivity contribution in [1.82, 2.24) is 9.80 Å². The highest BCUT2D eigenvalue weighted by Gasteiger charge is 2.31. The van der Waals surface area contributed by atoms with Crippen LogP contribution in [0.15, 0.2) is 72.8 Å². The zero-order valence-corrected chi connectivity index (χ0v) is 29.0. The summed E-state index contributed by atoms with van der Waals surface area (Å²) in [6, 6.07) is 19.8. The average molecular weight is 676 g/mol. The van der Waals surface area contributed by atoms with Crippen LogP contribution in [-0.4, -0.2) is 91.6 Å². The number of methoxy groups -OCH3 is 1. The van der Waals surface area contributed by atoms with Crippen molar-refractivity contribution in [3.63, 3.8) is 0 Å². The summed E-state index contributed by atoms with van der Waals surface area (Å²) in [7, 11) is 3.29. The molecule has 0 aliphatic carbocycles. The number of aliphatic hydroxyl groups is 1. The maximum absolute atomic E-state index is 14.4. The number of benzene rings is 3. The van der Waals surface area contributed by atoms with Gasteiger partial charge in [-0.05, 0) is 87.7 Å². The van der Waals surface area contributed by atoms with Gasteiger partial charge in [-0.3, -0.25) is 4.79 Å². The van der Waals surface area contributed by atoms with Crippen LogP contribution in [-0.2, 0) is 4.74 Å². The molecule has 12 nitrogen and oxygen atoms in total. The number of para-hydroxylation sites is 1. The van der Waals surface area contributed by atoms with E-state index in [2.05, 4.69) is 16.0 Å². The van der Waals surface area contributed by atoms with Gasteiger partial charge in [0.1, 0.15) is 11.5 Å². The van der Waals surface area contributed by atoms with Crippen molar-refractivity contribution in [2.45, 2.75) is 58.3 Å². The van der Waals surface area contributed by atoms with E-state index in [1.165, 1.54) is 0 Å². The summed E-state index contributed by atoms with van der Waals surface area (Å²) < 4.78 is 17.9. The molecule has 0 saturated heterocycles. The quantitative estimate of drug-likeness (QED) is 0.220. The number of rotatable bonds is 8. The first kappa shape index (κ1) is 37.0. The number of hydrogen-bond donors (Lipinski definition) is 4. The molecular weight excluding hydrogens is 626 g/mol. The van der Waals surface area contributed by atoms with Crippen molar-refractivity contribution in [1.29, 1.82) is 0 Å². The Hall–Kier alpha value is -4.81. The van der Waals surface area contributed by atoms with Gasteiger partial charge in [0, 0.05) is 49.7 Å². The second-order valence-corrected chi connectivity index (χ2v) is 12.5. The third-order valence-electron chi connectivity index (χ3n) is 8.48. The normalized spacial score (nSPS) is 19.3. The number of fused-ring (bicyclic) bond motifs is 1. The van der Waals surface area contributed by atoms with Crippen molar-refractivity contribution in [3.8, 4) is 11.5 Å². The number of amides is 5. The lowest BCUT2D eigenvalue weighted by molar-refractivity contribution is -0.0115. The second-order valence-electron chi connectivity index (χ2n) is 12.5. The van der Waals surface area contributed by atoms with Gasteiger partial charge in [-0.15, -0.1) is 0 Å². The molecule has 1 aliphatic rings. The van der Waals surface area contributed by atoms with Crippen LogP contribution in [0.25, 0.3) is 0 Å². The van der Waals surface area contributed by atoms with Gasteiger partial charge in [-0.25, -0.2) is 9.59 Å². The van der Waals surface area contributed by atoms with Crippen LogP contribution >= 0.6 is 0 Å². The number of aliphatic hydroxyl groups excluding tert-OH is 1. The minimum absolute atomic E-state index is 0.194. The molecule has 3 aromatic rings. The predicted octanol–water partition coefficient (Wildman–Crippen LogP) is 6.30. The molecule has 1 heterocycles. The molecule has 3 aromatic carbocycles. The Kier molecular flexibility index (Phi) is 13.7. The van der Waals surface area contributed by atoms with Crippen LogP contribution in [0.3, 0.4) is 0 Å². The SMILES string of the molecule is COc1ccc(NC(=O)N(C)C[C@@H]2OCCCC[C@@H](C)Oc3ccc(NC(=O)Nc4ccccc4)cc3C(=O)N([C@@H](C)CO)C[C@@H]2C)cc1. The highest BCUT2D eigenvalue weighted by molar-refractivity contribution is 6.02. The number of carbonyl (C=O) groups is 3. The molecule has 4 atom stereocenters. The lowest BCUT2D eigenvalue weighted by Crippen LogP contribution is -2.48. The molecule has 0 aromatic heterocycles. The Balaban J connectivity index is 1.56. The first-order chi connectivity index (χ1) is 23.6. The third kappa shape index (κ3) is 10.8. The first-order valence-corrected chi connectivity index (χ1v) is 16.7. The highest BCUT2D eigenvalue weighted by Crippen LogP contribution is 2.29. The summed E-state index contributed by atoms with van der Waals surface area (Å²) in [4.78, 5) is 43.5. The van der Waals surface area contributed by atoms with Gasteiger partial charge in [0.15, 0.2) is 0 Å². The molecule has 4 rings (SSSR count). The molecule has 5 amide bonds. The number of carbonyl (C=O) groups excluding carboxylic acids is 3. The van der Waals surface area contributed by atoms with Crippen LogP contribution in [0.2, 0.25) is 0 Å². The molecule has 0 spiro atoms.